The monoisotopic (exact) mass is 394 g/mol. The summed E-state index contributed by atoms with van der Waals surface area (Å²) in [7, 11) is 0. The highest BCUT2D eigenvalue weighted by Crippen LogP contribution is 2.54. The van der Waals surface area contributed by atoms with Crippen molar-refractivity contribution < 1.29 is 9.47 Å². The zero-order valence-electron chi connectivity index (χ0n) is 18.7. The van der Waals surface area contributed by atoms with Crippen molar-refractivity contribution in [3.63, 3.8) is 0 Å². The summed E-state index contributed by atoms with van der Waals surface area (Å²) in [4.78, 5) is 0. The molecule has 0 bridgehead atoms. The lowest BCUT2D eigenvalue weighted by molar-refractivity contribution is -0.300. The van der Waals surface area contributed by atoms with Gasteiger partial charge in [-0.25, -0.2) is 0 Å². The van der Waals surface area contributed by atoms with Crippen LogP contribution in [-0.2, 0) is 22.7 Å². The molecular weight excluding hydrogens is 358 g/mol. The molecule has 0 aliphatic carbocycles. The number of hydrogen-bond acceptors (Lipinski definition) is 2. The van der Waals surface area contributed by atoms with Crippen molar-refractivity contribution in [2.24, 2.45) is 5.92 Å². The first kappa shape index (κ1) is 22.0. The maximum atomic E-state index is 6.70. The van der Waals surface area contributed by atoms with Gasteiger partial charge >= 0.3 is 0 Å². The average molecular weight is 395 g/mol. The molecule has 0 N–H and O–H groups in total. The van der Waals surface area contributed by atoms with Gasteiger partial charge in [0, 0.05) is 0 Å². The van der Waals surface area contributed by atoms with E-state index in [1.807, 2.05) is 12.1 Å². The largest absolute Gasteiger partial charge is 0.651 e. The summed E-state index contributed by atoms with van der Waals surface area (Å²) in [6.07, 6.45) is 2.71. The molecule has 3 nitrogen and oxygen atoms in total. The summed E-state index contributed by atoms with van der Waals surface area (Å²) < 4.78 is 13.4. The van der Waals surface area contributed by atoms with Crippen LogP contribution in [0.5, 0.6) is 0 Å². The maximum absolute atomic E-state index is 6.70. The predicted octanol–water partition coefficient (Wildman–Crippen LogP) is 6.87. The van der Waals surface area contributed by atoms with Gasteiger partial charge in [0.05, 0.1) is 13.2 Å². The molecule has 1 aliphatic rings. The Bertz CT molecular complexity index is 719. The summed E-state index contributed by atoms with van der Waals surface area (Å²) in [6, 6.07) is 20.8. The number of piperidine rings is 1. The molecule has 1 heterocycles. The molecule has 0 radical (unpaired) electrons. The third-order valence-corrected chi connectivity index (χ3v) is 6.87. The van der Waals surface area contributed by atoms with Crippen molar-refractivity contribution in [3.05, 3.63) is 77.1 Å². The summed E-state index contributed by atoms with van der Waals surface area (Å²) in [5.41, 5.74) is 1.99. The molecule has 3 heteroatoms. The van der Waals surface area contributed by atoms with Crippen molar-refractivity contribution in [2.45, 2.75) is 84.0 Å². The molecule has 3 atom stereocenters. The first-order valence-corrected chi connectivity index (χ1v) is 10.9. The van der Waals surface area contributed by atoms with E-state index in [2.05, 4.69) is 83.1 Å². The fourth-order valence-corrected chi connectivity index (χ4v) is 4.45. The Morgan fingerprint density at radius 3 is 1.72 bits per heavy atom. The van der Waals surface area contributed by atoms with Gasteiger partial charge in [-0.2, -0.15) is 0 Å². The van der Waals surface area contributed by atoms with Crippen LogP contribution in [0.1, 0.15) is 65.0 Å². The molecule has 1 aliphatic heterocycles. The van der Waals surface area contributed by atoms with Crippen molar-refractivity contribution >= 4 is 0 Å². The molecule has 0 aromatic heterocycles. The van der Waals surface area contributed by atoms with E-state index in [4.69, 9.17) is 14.8 Å². The molecular formula is C26H36NO2-. The summed E-state index contributed by atoms with van der Waals surface area (Å²) >= 11 is 0. The van der Waals surface area contributed by atoms with E-state index in [1.54, 1.807) is 0 Å². The quantitative estimate of drug-likeness (QED) is 0.458. The first-order valence-electron chi connectivity index (χ1n) is 10.9. The van der Waals surface area contributed by atoms with E-state index in [1.165, 1.54) is 11.1 Å². The van der Waals surface area contributed by atoms with Crippen molar-refractivity contribution in [1.29, 1.82) is 0 Å². The van der Waals surface area contributed by atoms with Crippen LogP contribution in [0.25, 0.3) is 5.32 Å². The number of ether oxygens (including phenoxy) is 2. The molecule has 1 saturated heterocycles. The van der Waals surface area contributed by atoms with E-state index in [0.717, 1.165) is 19.3 Å². The van der Waals surface area contributed by atoms with Gasteiger partial charge < -0.3 is 14.8 Å². The molecule has 29 heavy (non-hydrogen) atoms. The second kappa shape index (κ2) is 8.99. The normalized spacial score (nSPS) is 28.9. The minimum absolute atomic E-state index is 0.145. The molecule has 1 fully saturated rings. The number of benzene rings is 2. The van der Waals surface area contributed by atoms with Gasteiger partial charge in [-0.1, -0.05) is 108 Å². The molecule has 158 valence electrons. The van der Waals surface area contributed by atoms with E-state index >= 15 is 0 Å². The number of rotatable bonds is 8. The van der Waals surface area contributed by atoms with Crippen LogP contribution in [0.2, 0.25) is 0 Å². The summed E-state index contributed by atoms with van der Waals surface area (Å²) in [5, 5.41) is 5.31. The Morgan fingerprint density at radius 1 is 0.828 bits per heavy atom. The van der Waals surface area contributed by atoms with Crippen molar-refractivity contribution in [2.75, 3.05) is 0 Å². The zero-order valence-corrected chi connectivity index (χ0v) is 18.7. The minimum Gasteiger partial charge on any atom is -0.651 e. The maximum Gasteiger partial charge on any atom is 0.169 e. The molecule has 0 spiro atoms. The van der Waals surface area contributed by atoms with Gasteiger partial charge in [0.1, 0.15) is 0 Å². The van der Waals surface area contributed by atoms with E-state index in [-0.39, 0.29) is 17.0 Å². The standard InChI is InChI=1S/C26H36NO2/c1-6-24(4)20-26(21(3)25(5,7-2)27-24,28-18-22-14-10-8-11-15-22)29-19-23-16-12-9-13-17-23/h8-17,21H,6-7,18-20H2,1-5H3/q-1. The van der Waals surface area contributed by atoms with Gasteiger partial charge in [-0.3, -0.25) is 0 Å². The number of nitrogens with zero attached hydrogens (tertiary/aromatic N) is 1. The Hall–Kier alpha value is -1.68. The Kier molecular flexibility index (Phi) is 6.83. The average Bonchev–Trinajstić information content (AvgIpc) is 2.76. The summed E-state index contributed by atoms with van der Waals surface area (Å²) in [6.45, 7) is 12.3. The Balaban J connectivity index is 1.92. The van der Waals surface area contributed by atoms with E-state index < -0.39 is 5.79 Å². The molecule has 3 rings (SSSR count). The first-order chi connectivity index (χ1) is 13.8. The molecule has 3 unspecified atom stereocenters. The fraction of sp³-hybridized carbons (Fsp3) is 0.538. The third-order valence-electron chi connectivity index (χ3n) is 6.87. The predicted molar refractivity (Wildman–Crippen MR) is 120 cm³/mol. The lowest BCUT2D eigenvalue weighted by Crippen LogP contribution is -2.61. The van der Waals surface area contributed by atoms with Crippen LogP contribution >= 0.6 is 0 Å². The Morgan fingerprint density at radius 2 is 1.31 bits per heavy atom. The molecule has 2 aromatic carbocycles. The summed E-state index contributed by atoms with van der Waals surface area (Å²) in [5.74, 6) is -0.532. The van der Waals surface area contributed by atoms with E-state index in [9.17, 15) is 0 Å². The lowest BCUT2D eigenvalue weighted by atomic mass is 9.68. The van der Waals surface area contributed by atoms with Crippen LogP contribution in [0.15, 0.2) is 60.7 Å². The molecule has 2 aromatic rings. The lowest BCUT2D eigenvalue weighted by Gasteiger charge is -2.68. The highest BCUT2D eigenvalue weighted by molar-refractivity contribution is 5.25. The Labute approximate surface area is 176 Å². The van der Waals surface area contributed by atoms with Gasteiger partial charge in [0.15, 0.2) is 5.79 Å². The van der Waals surface area contributed by atoms with Gasteiger partial charge in [-0.05, 0) is 23.5 Å². The highest BCUT2D eigenvalue weighted by Gasteiger charge is 2.50. The van der Waals surface area contributed by atoms with E-state index in [0.29, 0.717) is 13.2 Å². The van der Waals surface area contributed by atoms with Crippen LogP contribution in [0, 0.1) is 5.92 Å². The van der Waals surface area contributed by atoms with Crippen LogP contribution in [0.3, 0.4) is 0 Å². The van der Waals surface area contributed by atoms with Gasteiger partial charge in [0.25, 0.3) is 0 Å². The van der Waals surface area contributed by atoms with Crippen molar-refractivity contribution in [3.8, 4) is 0 Å². The smallest absolute Gasteiger partial charge is 0.169 e. The minimum atomic E-state index is -0.678. The molecule has 0 saturated carbocycles. The van der Waals surface area contributed by atoms with Crippen molar-refractivity contribution in [1.82, 2.24) is 0 Å². The second-order valence-corrected chi connectivity index (χ2v) is 8.93. The third kappa shape index (κ3) is 4.91. The van der Waals surface area contributed by atoms with Crippen LogP contribution in [-0.4, -0.2) is 16.9 Å². The highest BCUT2D eigenvalue weighted by atomic mass is 16.7. The number of hydrogen-bond donors (Lipinski definition) is 0. The van der Waals surface area contributed by atoms with Gasteiger partial charge in [0.2, 0.25) is 0 Å². The van der Waals surface area contributed by atoms with Gasteiger partial charge in [-0.15, -0.1) is 11.1 Å². The second-order valence-electron chi connectivity index (χ2n) is 8.93. The zero-order chi connectivity index (χ0) is 21.0. The SMILES string of the molecule is CCC1(C)CC(OCc2ccccc2)(OCc2ccccc2)C(C)C(C)(CC)[N-]1. The topological polar surface area (TPSA) is 32.6 Å². The fourth-order valence-electron chi connectivity index (χ4n) is 4.45. The van der Waals surface area contributed by atoms with Crippen LogP contribution < -0.4 is 0 Å². The van der Waals surface area contributed by atoms with Crippen LogP contribution in [0.4, 0.5) is 0 Å². The molecule has 0 amide bonds.